The highest BCUT2D eigenvalue weighted by molar-refractivity contribution is 5.27. The molecule has 0 amide bonds. The van der Waals surface area contributed by atoms with Crippen LogP contribution in [0.25, 0.3) is 0 Å². The highest BCUT2D eigenvalue weighted by Crippen LogP contribution is 2.17. The largest absolute Gasteiger partial charge is 0.491 e. The maximum Gasteiger partial charge on any atom is 0.119 e. The Balaban J connectivity index is 2.45. The lowest BCUT2D eigenvalue weighted by atomic mass is 10.1. The van der Waals surface area contributed by atoms with Gasteiger partial charge in [0.2, 0.25) is 0 Å². The van der Waals surface area contributed by atoms with Crippen molar-refractivity contribution in [2.75, 3.05) is 6.61 Å². The lowest BCUT2D eigenvalue weighted by Gasteiger charge is -2.21. The molecule has 1 aromatic carbocycles. The molecular weight excluding hydrogens is 228 g/mol. The lowest BCUT2D eigenvalue weighted by Crippen LogP contribution is -2.31. The van der Waals surface area contributed by atoms with Crippen LogP contribution in [-0.4, -0.2) is 28.5 Å². The molecule has 102 valence electrons. The van der Waals surface area contributed by atoms with E-state index in [-0.39, 0.29) is 6.10 Å². The van der Waals surface area contributed by atoms with Crippen molar-refractivity contribution in [2.24, 2.45) is 0 Å². The molecule has 1 rings (SSSR count). The van der Waals surface area contributed by atoms with E-state index in [0.29, 0.717) is 13.0 Å². The van der Waals surface area contributed by atoms with Gasteiger partial charge in [-0.2, -0.15) is 0 Å². The molecule has 3 nitrogen and oxygen atoms in total. The van der Waals surface area contributed by atoms with E-state index in [1.54, 1.807) is 13.8 Å². The standard InChI is InChI=1S/C15H24O3/c1-4-15(3,17)11-18-14-9-7-13(8-10-14)6-5-12(2)16/h7-10,12,16-17H,4-6,11H2,1-3H3. The van der Waals surface area contributed by atoms with Crippen molar-refractivity contribution in [1.82, 2.24) is 0 Å². The van der Waals surface area contributed by atoms with Crippen molar-refractivity contribution in [3.8, 4) is 5.75 Å². The minimum Gasteiger partial charge on any atom is -0.491 e. The molecule has 0 aliphatic carbocycles. The number of hydrogen-bond donors (Lipinski definition) is 2. The second-order valence-corrected chi connectivity index (χ2v) is 5.17. The SMILES string of the molecule is CCC(C)(O)COc1ccc(CCC(C)O)cc1. The van der Waals surface area contributed by atoms with Crippen LogP contribution in [0, 0.1) is 0 Å². The second kappa shape index (κ2) is 6.76. The Morgan fingerprint density at radius 3 is 2.39 bits per heavy atom. The minimum atomic E-state index is -0.773. The highest BCUT2D eigenvalue weighted by atomic mass is 16.5. The molecule has 0 bridgehead atoms. The number of rotatable bonds is 7. The summed E-state index contributed by atoms with van der Waals surface area (Å²) in [4.78, 5) is 0. The summed E-state index contributed by atoms with van der Waals surface area (Å²) >= 11 is 0. The molecule has 0 heterocycles. The summed E-state index contributed by atoms with van der Waals surface area (Å²) in [6.45, 7) is 5.80. The van der Waals surface area contributed by atoms with E-state index < -0.39 is 5.60 Å². The van der Waals surface area contributed by atoms with E-state index in [1.807, 2.05) is 31.2 Å². The molecule has 3 heteroatoms. The first kappa shape index (κ1) is 15.0. The van der Waals surface area contributed by atoms with Gasteiger partial charge in [0.1, 0.15) is 12.4 Å². The molecule has 2 unspecified atom stereocenters. The molecule has 18 heavy (non-hydrogen) atoms. The van der Waals surface area contributed by atoms with Crippen LogP contribution in [0.15, 0.2) is 24.3 Å². The van der Waals surface area contributed by atoms with E-state index in [2.05, 4.69) is 0 Å². The summed E-state index contributed by atoms with van der Waals surface area (Å²) in [6, 6.07) is 7.81. The Morgan fingerprint density at radius 1 is 1.28 bits per heavy atom. The van der Waals surface area contributed by atoms with Crippen molar-refractivity contribution in [1.29, 1.82) is 0 Å². The Hall–Kier alpha value is -1.06. The molecule has 1 aromatic rings. The Bertz CT molecular complexity index is 341. The van der Waals surface area contributed by atoms with Gasteiger partial charge in [-0.1, -0.05) is 19.1 Å². The third-order valence-corrected chi connectivity index (χ3v) is 3.09. The van der Waals surface area contributed by atoms with Gasteiger partial charge >= 0.3 is 0 Å². The van der Waals surface area contributed by atoms with E-state index in [1.165, 1.54) is 5.56 Å². The maximum absolute atomic E-state index is 9.83. The first-order valence-corrected chi connectivity index (χ1v) is 6.55. The van der Waals surface area contributed by atoms with Gasteiger partial charge in [-0.05, 0) is 50.8 Å². The summed E-state index contributed by atoms with van der Waals surface area (Å²) in [5, 5.41) is 19.0. The lowest BCUT2D eigenvalue weighted by molar-refractivity contribution is 0.00846. The number of aryl methyl sites for hydroxylation is 1. The maximum atomic E-state index is 9.83. The number of aliphatic hydroxyl groups is 2. The van der Waals surface area contributed by atoms with Crippen LogP contribution >= 0.6 is 0 Å². The molecule has 0 spiro atoms. The van der Waals surface area contributed by atoms with Crippen molar-refractivity contribution in [3.05, 3.63) is 29.8 Å². The van der Waals surface area contributed by atoms with Crippen LogP contribution in [0.4, 0.5) is 0 Å². The Morgan fingerprint density at radius 2 is 1.89 bits per heavy atom. The van der Waals surface area contributed by atoms with Crippen LogP contribution in [0.1, 0.15) is 39.2 Å². The Kier molecular flexibility index (Phi) is 5.63. The van der Waals surface area contributed by atoms with Crippen LogP contribution in [0.3, 0.4) is 0 Å². The predicted molar refractivity (Wildman–Crippen MR) is 72.9 cm³/mol. The van der Waals surface area contributed by atoms with Gasteiger partial charge in [0, 0.05) is 0 Å². The number of hydrogen-bond acceptors (Lipinski definition) is 3. The zero-order valence-corrected chi connectivity index (χ0v) is 11.5. The van der Waals surface area contributed by atoms with Crippen molar-refractivity contribution < 1.29 is 14.9 Å². The first-order chi connectivity index (χ1) is 8.43. The molecule has 0 fully saturated rings. The molecule has 0 saturated heterocycles. The van der Waals surface area contributed by atoms with Crippen molar-refractivity contribution in [3.63, 3.8) is 0 Å². The summed E-state index contributed by atoms with van der Waals surface area (Å²) < 4.78 is 5.54. The van der Waals surface area contributed by atoms with Crippen molar-refractivity contribution >= 4 is 0 Å². The van der Waals surface area contributed by atoms with E-state index in [9.17, 15) is 10.2 Å². The first-order valence-electron chi connectivity index (χ1n) is 6.55. The average molecular weight is 252 g/mol. The minimum absolute atomic E-state index is 0.263. The van der Waals surface area contributed by atoms with E-state index in [4.69, 9.17) is 4.74 Å². The van der Waals surface area contributed by atoms with E-state index in [0.717, 1.165) is 18.6 Å². The summed E-state index contributed by atoms with van der Waals surface area (Å²) in [6.07, 6.45) is 2.04. The quantitative estimate of drug-likeness (QED) is 0.784. The Labute approximate surface area is 109 Å². The monoisotopic (exact) mass is 252 g/mol. The topological polar surface area (TPSA) is 49.7 Å². The van der Waals surface area contributed by atoms with Crippen LogP contribution < -0.4 is 4.74 Å². The zero-order chi connectivity index (χ0) is 13.6. The number of benzene rings is 1. The van der Waals surface area contributed by atoms with Gasteiger partial charge in [0.15, 0.2) is 0 Å². The summed E-state index contributed by atoms with van der Waals surface area (Å²) in [5.41, 5.74) is 0.413. The van der Waals surface area contributed by atoms with Crippen LogP contribution in [0.2, 0.25) is 0 Å². The van der Waals surface area contributed by atoms with Gasteiger partial charge in [-0.3, -0.25) is 0 Å². The normalized spacial score (nSPS) is 16.1. The fourth-order valence-electron chi connectivity index (χ4n) is 1.47. The number of aliphatic hydroxyl groups excluding tert-OH is 1. The molecule has 0 saturated carbocycles. The molecule has 0 aliphatic heterocycles. The molecular formula is C15H24O3. The highest BCUT2D eigenvalue weighted by Gasteiger charge is 2.18. The van der Waals surface area contributed by atoms with Crippen LogP contribution in [-0.2, 0) is 6.42 Å². The van der Waals surface area contributed by atoms with E-state index >= 15 is 0 Å². The third-order valence-electron chi connectivity index (χ3n) is 3.09. The molecule has 0 radical (unpaired) electrons. The van der Waals surface area contributed by atoms with Crippen molar-refractivity contribution in [2.45, 2.75) is 51.7 Å². The molecule has 2 N–H and O–H groups in total. The average Bonchev–Trinajstić information content (AvgIpc) is 2.35. The van der Waals surface area contributed by atoms with Crippen LogP contribution in [0.5, 0.6) is 5.75 Å². The molecule has 2 atom stereocenters. The smallest absolute Gasteiger partial charge is 0.119 e. The number of ether oxygens (including phenoxy) is 1. The van der Waals surface area contributed by atoms with Gasteiger partial charge in [-0.15, -0.1) is 0 Å². The summed E-state index contributed by atoms with van der Waals surface area (Å²) in [5.74, 6) is 0.768. The fourth-order valence-corrected chi connectivity index (χ4v) is 1.47. The zero-order valence-electron chi connectivity index (χ0n) is 11.5. The van der Waals surface area contributed by atoms with Gasteiger partial charge in [-0.25, -0.2) is 0 Å². The van der Waals surface area contributed by atoms with Gasteiger partial charge in [0.25, 0.3) is 0 Å². The second-order valence-electron chi connectivity index (χ2n) is 5.17. The summed E-state index contributed by atoms with van der Waals surface area (Å²) in [7, 11) is 0. The third kappa shape index (κ3) is 5.52. The predicted octanol–water partition coefficient (Wildman–Crippen LogP) is 2.54. The molecule has 0 aliphatic rings. The van der Waals surface area contributed by atoms with Gasteiger partial charge < -0.3 is 14.9 Å². The van der Waals surface area contributed by atoms with Gasteiger partial charge in [0.05, 0.1) is 11.7 Å². The molecule has 0 aromatic heterocycles. The fraction of sp³-hybridized carbons (Fsp3) is 0.600.